The Morgan fingerprint density at radius 3 is 2.95 bits per heavy atom. The number of amides is 1. The topological polar surface area (TPSA) is 83.8 Å². The van der Waals surface area contributed by atoms with Gasteiger partial charge in [-0.05, 0) is 42.8 Å². The molecule has 3 rings (SSSR count). The predicted octanol–water partition coefficient (Wildman–Crippen LogP) is 2.96. The predicted molar refractivity (Wildman–Crippen MR) is 84.3 cm³/mol. The number of carbonyl (C=O) groups is 1. The van der Waals surface area contributed by atoms with E-state index in [2.05, 4.69) is 28.3 Å². The molecule has 0 aliphatic rings. The Kier molecular flexibility index (Phi) is 3.31. The highest BCUT2D eigenvalue weighted by molar-refractivity contribution is 6.07. The van der Waals surface area contributed by atoms with Gasteiger partial charge in [0.25, 0.3) is 5.91 Å². The maximum Gasteiger partial charge on any atom is 0.259 e. The number of H-pyrrole nitrogens is 1. The van der Waals surface area contributed by atoms with Crippen LogP contribution >= 0.6 is 0 Å². The maximum absolute atomic E-state index is 12.2. The summed E-state index contributed by atoms with van der Waals surface area (Å²) >= 11 is 0. The molecule has 0 aliphatic carbocycles. The van der Waals surface area contributed by atoms with Crippen LogP contribution in [0.2, 0.25) is 0 Å². The number of hydrogen-bond donors (Lipinski definition) is 3. The zero-order valence-electron chi connectivity index (χ0n) is 11.7. The Hall–Kier alpha value is -2.82. The molecule has 0 fully saturated rings. The number of benzene rings is 1. The fourth-order valence-corrected chi connectivity index (χ4v) is 2.27. The van der Waals surface area contributed by atoms with Crippen LogP contribution in [0.3, 0.4) is 0 Å². The Morgan fingerprint density at radius 2 is 2.19 bits per heavy atom. The molecule has 2 aromatic heterocycles. The summed E-state index contributed by atoms with van der Waals surface area (Å²) in [5.74, 6) is -0.0304. The van der Waals surface area contributed by atoms with Crippen molar-refractivity contribution in [2.75, 3.05) is 11.1 Å². The lowest BCUT2D eigenvalue weighted by Crippen LogP contribution is -2.14. The standard InChI is InChI=1S/C16H16N4O/c1-2-11-8-10-9-12(5-6-14(10)19-11)20-16(21)13-4-3-7-18-15(13)17/h3-9,19H,2H2,1H3,(H2,17,18)(H,20,21). The Bertz CT molecular complexity index is 807. The Balaban J connectivity index is 1.87. The molecule has 106 valence electrons. The van der Waals surface area contributed by atoms with Crippen molar-refractivity contribution in [2.24, 2.45) is 0 Å². The Morgan fingerprint density at radius 1 is 1.33 bits per heavy atom. The van der Waals surface area contributed by atoms with Crippen LogP contribution in [-0.2, 0) is 6.42 Å². The van der Waals surface area contributed by atoms with E-state index in [0.717, 1.165) is 23.0 Å². The molecule has 1 amide bonds. The third kappa shape index (κ3) is 2.58. The van der Waals surface area contributed by atoms with E-state index in [1.807, 2.05) is 18.2 Å². The van der Waals surface area contributed by atoms with Gasteiger partial charge in [-0.3, -0.25) is 4.79 Å². The van der Waals surface area contributed by atoms with E-state index in [9.17, 15) is 4.79 Å². The second kappa shape index (κ2) is 5.28. The van der Waals surface area contributed by atoms with Crippen molar-refractivity contribution in [2.45, 2.75) is 13.3 Å². The molecular weight excluding hydrogens is 264 g/mol. The van der Waals surface area contributed by atoms with Crippen LogP contribution in [0.4, 0.5) is 11.5 Å². The first kappa shape index (κ1) is 13.2. The van der Waals surface area contributed by atoms with Gasteiger partial charge in [0.1, 0.15) is 5.82 Å². The summed E-state index contributed by atoms with van der Waals surface area (Å²) in [4.78, 5) is 19.4. The van der Waals surface area contributed by atoms with Crippen LogP contribution in [0.15, 0.2) is 42.6 Å². The van der Waals surface area contributed by atoms with Crippen LogP contribution in [0.1, 0.15) is 23.0 Å². The largest absolute Gasteiger partial charge is 0.383 e. The van der Waals surface area contributed by atoms with Gasteiger partial charge >= 0.3 is 0 Å². The first-order chi connectivity index (χ1) is 10.2. The minimum Gasteiger partial charge on any atom is -0.383 e. The van der Waals surface area contributed by atoms with Gasteiger partial charge < -0.3 is 16.0 Å². The van der Waals surface area contributed by atoms with Crippen molar-refractivity contribution in [3.8, 4) is 0 Å². The highest BCUT2D eigenvalue weighted by Gasteiger charge is 2.10. The summed E-state index contributed by atoms with van der Waals surface area (Å²) in [6.45, 7) is 2.10. The number of carbonyl (C=O) groups excluding carboxylic acids is 1. The van der Waals surface area contributed by atoms with Gasteiger partial charge in [-0.15, -0.1) is 0 Å². The van der Waals surface area contributed by atoms with E-state index in [1.54, 1.807) is 18.3 Å². The minimum atomic E-state index is -0.258. The summed E-state index contributed by atoms with van der Waals surface area (Å²) in [6, 6.07) is 11.2. The summed E-state index contributed by atoms with van der Waals surface area (Å²) in [7, 11) is 0. The molecule has 21 heavy (non-hydrogen) atoms. The van der Waals surface area contributed by atoms with E-state index in [0.29, 0.717) is 5.56 Å². The first-order valence-electron chi connectivity index (χ1n) is 6.81. The molecule has 0 bridgehead atoms. The lowest BCUT2D eigenvalue weighted by atomic mass is 10.2. The van der Waals surface area contributed by atoms with E-state index < -0.39 is 0 Å². The average Bonchev–Trinajstić information content (AvgIpc) is 2.90. The second-order valence-corrected chi connectivity index (χ2v) is 4.84. The zero-order valence-corrected chi connectivity index (χ0v) is 11.7. The number of fused-ring (bicyclic) bond motifs is 1. The average molecular weight is 280 g/mol. The van der Waals surface area contributed by atoms with Gasteiger partial charge in [0.15, 0.2) is 0 Å². The molecule has 4 N–H and O–H groups in total. The number of nitrogens with two attached hydrogens (primary N) is 1. The normalized spacial score (nSPS) is 10.7. The van der Waals surface area contributed by atoms with Gasteiger partial charge in [-0.25, -0.2) is 4.98 Å². The molecule has 2 heterocycles. The highest BCUT2D eigenvalue weighted by Crippen LogP contribution is 2.21. The number of aromatic amines is 1. The highest BCUT2D eigenvalue weighted by atomic mass is 16.1. The first-order valence-corrected chi connectivity index (χ1v) is 6.81. The van der Waals surface area contributed by atoms with E-state index in [-0.39, 0.29) is 11.7 Å². The third-order valence-electron chi connectivity index (χ3n) is 3.40. The van der Waals surface area contributed by atoms with Crippen molar-refractivity contribution in [3.05, 3.63) is 53.9 Å². The summed E-state index contributed by atoms with van der Waals surface area (Å²) < 4.78 is 0. The van der Waals surface area contributed by atoms with Crippen LogP contribution in [0.25, 0.3) is 10.9 Å². The molecule has 0 atom stereocenters. The SMILES string of the molecule is CCc1cc2cc(NC(=O)c3cccnc3N)ccc2[nH]1. The van der Waals surface area contributed by atoms with Crippen molar-refractivity contribution in [3.63, 3.8) is 0 Å². The van der Waals surface area contributed by atoms with Gasteiger partial charge in [-0.2, -0.15) is 0 Å². The number of aromatic nitrogens is 2. The fourth-order valence-electron chi connectivity index (χ4n) is 2.27. The third-order valence-corrected chi connectivity index (χ3v) is 3.40. The van der Waals surface area contributed by atoms with Crippen molar-refractivity contribution in [1.82, 2.24) is 9.97 Å². The number of hydrogen-bond acceptors (Lipinski definition) is 3. The van der Waals surface area contributed by atoms with Crippen LogP contribution in [0.5, 0.6) is 0 Å². The molecule has 0 unspecified atom stereocenters. The van der Waals surface area contributed by atoms with Crippen LogP contribution < -0.4 is 11.1 Å². The fraction of sp³-hybridized carbons (Fsp3) is 0.125. The van der Waals surface area contributed by atoms with Gasteiger partial charge in [0.2, 0.25) is 0 Å². The lowest BCUT2D eigenvalue weighted by Gasteiger charge is -2.06. The van der Waals surface area contributed by atoms with E-state index >= 15 is 0 Å². The molecule has 0 radical (unpaired) electrons. The molecule has 0 saturated carbocycles. The molecule has 3 aromatic rings. The minimum absolute atomic E-state index is 0.228. The number of pyridine rings is 1. The zero-order chi connectivity index (χ0) is 14.8. The maximum atomic E-state index is 12.2. The summed E-state index contributed by atoms with van der Waals surface area (Å²) in [5.41, 5.74) is 9.05. The number of anilines is 2. The van der Waals surface area contributed by atoms with E-state index in [1.165, 1.54) is 5.69 Å². The second-order valence-electron chi connectivity index (χ2n) is 4.84. The Labute approximate surface area is 122 Å². The van der Waals surface area contributed by atoms with Crippen LogP contribution in [-0.4, -0.2) is 15.9 Å². The van der Waals surface area contributed by atoms with Gasteiger partial charge in [-0.1, -0.05) is 6.92 Å². The number of rotatable bonds is 3. The molecule has 0 aliphatic heterocycles. The lowest BCUT2D eigenvalue weighted by molar-refractivity contribution is 0.102. The molecule has 5 nitrogen and oxygen atoms in total. The number of aryl methyl sites for hydroxylation is 1. The van der Waals surface area contributed by atoms with Crippen molar-refractivity contribution >= 4 is 28.3 Å². The van der Waals surface area contributed by atoms with E-state index in [4.69, 9.17) is 5.73 Å². The molecule has 1 aromatic carbocycles. The van der Waals surface area contributed by atoms with Gasteiger partial charge in [0, 0.05) is 28.5 Å². The monoisotopic (exact) mass is 280 g/mol. The summed E-state index contributed by atoms with van der Waals surface area (Å²) in [6.07, 6.45) is 2.51. The van der Waals surface area contributed by atoms with Crippen molar-refractivity contribution in [1.29, 1.82) is 0 Å². The quantitative estimate of drug-likeness (QED) is 0.689. The smallest absolute Gasteiger partial charge is 0.259 e. The van der Waals surface area contributed by atoms with Gasteiger partial charge in [0.05, 0.1) is 5.56 Å². The van der Waals surface area contributed by atoms with Crippen LogP contribution in [0, 0.1) is 0 Å². The number of nitrogens with one attached hydrogen (secondary N) is 2. The number of nitrogens with zero attached hydrogens (tertiary/aromatic N) is 1. The summed E-state index contributed by atoms with van der Waals surface area (Å²) in [5, 5.41) is 3.92. The molecule has 0 spiro atoms. The molecular formula is C16H16N4O. The number of nitrogen functional groups attached to an aromatic ring is 1. The molecule has 5 heteroatoms. The van der Waals surface area contributed by atoms with Crippen molar-refractivity contribution < 1.29 is 4.79 Å². The molecule has 0 saturated heterocycles.